The van der Waals surface area contributed by atoms with E-state index in [2.05, 4.69) is 15.3 Å². The average Bonchev–Trinajstić information content (AvgIpc) is 2.87. The molecule has 0 aliphatic heterocycles. The summed E-state index contributed by atoms with van der Waals surface area (Å²) in [6, 6.07) is 1.97. The van der Waals surface area contributed by atoms with E-state index < -0.39 is 11.7 Å². The number of anilines is 1. The first-order valence-electron chi connectivity index (χ1n) is 5.78. The van der Waals surface area contributed by atoms with Crippen molar-refractivity contribution in [2.45, 2.75) is 19.1 Å². The number of pyridine rings is 1. The van der Waals surface area contributed by atoms with E-state index in [0.29, 0.717) is 6.54 Å². The van der Waals surface area contributed by atoms with Gasteiger partial charge in [-0.05, 0) is 18.6 Å². The zero-order valence-corrected chi connectivity index (χ0v) is 10.1. The van der Waals surface area contributed by atoms with Gasteiger partial charge in [-0.2, -0.15) is 13.2 Å². The van der Waals surface area contributed by atoms with Crippen molar-refractivity contribution in [3.05, 3.63) is 42.6 Å². The molecule has 0 aliphatic rings. The van der Waals surface area contributed by atoms with Crippen molar-refractivity contribution < 1.29 is 13.2 Å². The van der Waals surface area contributed by atoms with Gasteiger partial charge >= 0.3 is 6.18 Å². The minimum absolute atomic E-state index is 0.237. The van der Waals surface area contributed by atoms with Crippen LogP contribution in [0, 0.1) is 0 Å². The molecule has 0 radical (unpaired) electrons. The molecule has 2 aromatic rings. The summed E-state index contributed by atoms with van der Waals surface area (Å²) in [6.07, 6.45) is 2.80. The number of rotatable bonds is 5. The number of hydrogen-bond acceptors (Lipinski definition) is 3. The SMILES string of the molecule is FC(F)(F)c1ccnc(NCCCn2ccnc2)c1. The van der Waals surface area contributed by atoms with Crippen LogP contribution in [0.1, 0.15) is 12.0 Å². The van der Waals surface area contributed by atoms with Gasteiger partial charge in [-0.3, -0.25) is 0 Å². The highest BCUT2D eigenvalue weighted by Gasteiger charge is 2.30. The molecule has 0 spiro atoms. The lowest BCUT2D eigenvalue weighted by molar-refractivity contribution is -0.137. The monoisotopic (exact) mass is 270 g/mol. The van der Waals surface area contributed by atoms with Crippen LogP contribution in [0.15, 0.2) is 37.1 Å². The summed E-state index contributed by atoms with van der Waals surface area (Å²) in [5.74, 6) is 0.237. The Morgan fingerprint density at radius 2 is 2.11 bits per heavy atom. The largest absolute Gasteiger partial charge is 0.416 e. The number of alkyl halides is 3. The highest BCUT2D eigenvalue weighted by molar-refractivity contribution is 5.38. The zero-order chi connectivity index (χ0) is 13.7. The van der Waals surface area contributed by atoms with Gasteiger partial charge in [0.2, 0.25) is 0 Å². The molecule has 0 saturated heterocycles. The van der Waals surface area contributed by atoms with Gasteiger partial charge in [0.05, 0.1) is 11.9 Å². The number of hydrogen-bond donors (Lipinski definition) is 1. The Morgan fingerprint density at radius 3 is 2.79 bits per heavy atom. The van der Waals surface area contributed by atoms with Crippen LogP contribution in [0.5, 0.6) is 0 Å². The number of nitrogens with zero attached hydrogens (tertiary/aromatic N) is 3. The predicted octanol–water partition coefficient (Wildman–Crippen LogP) is 2.80. The normalized spacial score (nSPS) is 11.5. The van der Waals surface area contributed by atoms with Crippen molar-refractivity contribution in [2.24, 2.45) is 0 Å². The molecule has 19 heavy (non-hydrogen) atoms. The number of aromatic nitrogens is 3. The van der Waals surface area contributed by atoms with Crippen molar-refractivity contribution in [1.82, 2.24) is 14.5 Å². The molecule has 0 fully saturated rings. The number of imidazole rings is 1. The molecule has 0 aromatic carbocycles. The summed E-state index contributed by atoms with van der Waals surface area (Å²) >= 11 is 0. The molecule has 2 heterocycles. The highest BCUT2D eigenvalue weighted by atomic mass is 19.4. The molecule has 7 heteroatoms. The van der Waals surface area contributed by atoms with Crippen LogP contribution in [0.25, 0.3) is 0 Å². The lowest BCUT2D eigenvalue weighted by Crippen LogP contribution is -2.09. The summed E-state index contributed by atoms with van der Waals surface area (Å²) in [5.41, 5.74) is -0.695. The molecule has 102 valence electrons. The summed E-state index contributed by atoms with van der Waals surface area (Å²) in [7, 11) is 0. The molecule has 0 unspecified atom stereocenters. The highest BCUT2D eigenvalue weighted by Crippen LogP contribution is 2.29. The molecular formula is C12H13F3N4. The van der Waals surface area contributed by atoms with Crippen LogP contribution in [0.3, 0.4) is 0 Å². The second-order valence-corrected chi connectivity index (χ2v) is 4.01. The third kappa shape index (κ3) is 3.97. The van der Waals surface area contributed by atoms with Gasteiger partial charge in [0.15, 0.2) is 0 Å². The molecule has 0 aliphatic carbocycles. The fourth-order valence-electron chi connectivity index (χ4n) is 1.60. The summed E-state index contributed by atoms with van der Waals surface area (Å²) in [4.78, 5) is 7.76. The number of aryl methyl sites for hydroxylation is 1. The topological polar surface area (TPSA) is 42.7 Å². The van der Waals surface area contributed by atoms with Crippen molar-refractivity contribution in [2.75, 3.05) is 11.9 Å². The lowest BCUT2D eigenvalue weighted by atomic mass is 10.2. The van der Waals surface area contributed by atoms with Crippen LogP contribution in [-0.2, 0) is 12.7 Å². The van der Waals surface area contributed by atoms with Gasteiger partial charge < -0.3 is 9.88 Å². The van der Waals surface area contributed by atoms with Gasteiger partial charge in [-0.1, -0.05) is 0 Å². The Kier molecular flexibility index (Phi) is 4.03. The lowest BCUT2D eigenvalue weighted by Gasteiger charge is -2.09. The van der Waals surface area contributed by atoms with E-state index in [4.69, 9.17) is 0 Å². The maximum absolute atomic E-state index is 12.5. The van der Waals surface area contributed by atoms with Crippen LogP contribution >= 0.6 is 0 Å². The minimum atomic E-state index is -4.34. The van der Waals surface area contributed by atoms with Crippen LogP contribution in [0.2, 0.25) is 0 Å². The molecule has 4 nitrogen and oxygen atoms in total. The molecule has 0 saturated carbocycles. The summed E-state index contributed by atoms with van der Waals surface area (Å²) in [6.45, 7) is 1.30. The first kappa shape index (κ1) is 13.4. The second-order valence-electron chi connectivity index (χ2n) is 4.01. The fraction of sp³-hybridized carbons (Fsp3) is 0.333. The molecule has 2 aromatic heterocycles. The Bertz CT molecular complexity index is 508. The Hall–Kier alpha value is -2.05. The Morgan fingerprint density at radius 1 is 1.26 bits per heavy atom. The number of nitrogens with one attached hydrogen (secondary N) is 1. The van der Waals surface area contributed by atoms with E-state index in [9.17, 15) is 13.2 Å². The zero-order valence-electron chi connectivity index (χ0n) is 10.1. The molecular weight excluding hydrogens is 257 g/mol. The van der Waals surface area contributed by atoms with Gasteiger partial charge in [-0.25, -0.2) is 9.97 Å². The van der Waals surface area contributed by atoms with Crippen molar-refractivity contribution in [3.8, 4) is 0 Å². The van der Waals surface area contributed by atoms with Crippen molar-refractivity contribution in [3.63, 3.8) is 0 Å². The van der Waals surface area contributed by atoms with Gasteiger partial charge in [0, 0.05) is 31.7 Å². The standard InChI is InChI=1S/C12H13F3N4/c13-12(14,15)10-2-4-18-11(8-10)17-3-1-6-19-7-5-16-9-19/h2,4-5,7-9H,1,3,6H2,(H,17,18). The van der Waals surface area contributed by atoms with E-state index in [1.807, 2.05) is 10.8 Å². The van der Waals surface area contributed by atoms with E-state index in [1.54, 1.807) is 12.5 Å². The maximum atomic E-state index is 12.5. The van der Waals surface area contributed by atoms with Gasteiger partial charge in [-0.15, -0.1) is 0 Å². The van der Waals surface area contributed by atoms with Crippen molar-refractivity contribution >= 4 is 5.82 Å². The van der Waals surface area contributed by atoms with E-state index >= 15 is 0 Å². The average molecular weight is 270 g/mol. The van der Waals surface area contributed by atoms with Crippen LogP contribution < -0.4 is 5.32 Å². The third-order valence-corrected chi connectivity index (χ3v) is 2.55. The van der Waals surface area contributed by atoms with E-state index in [1.165, 1.54) is 0 Å². The van der Waals surface area contributed by atoms with E-state index in [-0.39, 0.29) is 5.82 Å². The number of halogens is 3. The van der Waals surface area contributed by atoms with E-state index in [0.717, 1.165) is 31.3 Å². The first-order valence-corrected chi connectivity index (χ1v) is 5.78. The summed E-state index contributed by atoms with van der Waals surface area (Å²) < 4.78 is 39.3. The molecule has 0 atom stereocenters. The van der Waals surface area contributed by atoms with Crippen LogP contribution in [-0.4, -0.2) is 21.1 Å². The maximum Gasteiger partial charge on any atom is 0.416 e. The second kappa shape index (κ2) is 5.73. The fourth-order valence-corrected chi connectivity index (χ4v) is 1.60. The van der Waals surface area contributed by atoms with Crippen molar-refractivity contribution in [1.29, 1.82) is 0 Å². The predicted molar refractivity (Wildman–Crippen MR) is 64.6 cm³/mol. The van der Waals surface area contributed by atoms with Gasteiger partial charge in [0.1, 0.15) is 5.82 Å². The Balaban J connectivity index is 1.83. The summed E-state index contributed by atoms with van der Waals surface area (Å²) in [5, 5.41) is 2.87. The Labute approximate surface area is 108 Å². The molecule has 0 amide bonds. The molecule has 1 N–H and O–H groups in total. The minimum Gasteiger partial charge on any atom is -0.370 e. The molecule has 2 rings (SSSR count). The first-order chi connectivity index (χ1) is 9.05. The third-order valence-electron chi connectivity index (χ3n) is 2.55. The quantitative estimate of drug-likeness (QED) is 0.849. The van der Waals surface area contributed by atoms with Gasteiger partial charge in [0.25, 0.3) is 0 Å². The smallest absolute Gasteiger partial charge is 0.370 e. The molecule has 0 bridgehead atoms. The van der Waals surface area contributed by atoms with Crippen LogP contribution in [0.4, 0.5) is 19.0 Å².